The summed E-state index contributed by atoms with van der Waals surface area (Å²) in [7, 11) is 0. The molecule has 0 unspecified atom stereocenters. The highest BCUT2D eigenvalue weighted by Gasteiger charge is 2.17. The highest BCUT2D eigenvalue weighted by molar-refractivity contribution is 6.07. The van der Waals surface area contributed by atoms with Crippen LogP contribution in [0.3, 0.4) is 0 Å². The van der Waals surface area contributed by atoms with Crippen molar-refractivity contribution in [2.24, 2.45) is 0 Å². The van der Waals surface area contributed by atoms with Crippen LogP contribution in [-0.2, 0) is 11.3 Å². The summed E-state index contributed by atoms with van der Waals surface area (Å²) in [6.07, 6.45) is 1.66. The van der Waals surface area contributed by atoms with Crippen LogP contribution >= 0.6 is 0 Å². The maximum Gasteiger partial charge on any atom is 0.252 e. The molecule has 0 aliphatic heterocycles. The van der Waals surface area contributed by atoms with Gasteiger partial charge in [0.05, 0.1) is 30.2 Å². The number of rotatable bonds is 6. The quantitative estimate of drug-likeness (QED) is 0.451. The van der Waals surface area contributed by atoms with Crippen molar-refractivity contribution in [2.75, 3.05) is 11.9 Å². The van der Waals surface area contributed by atoms with Crippen molar-refractivity contribution in [1.29, 1.82) is 0 Å². The van der Waals surface area contributed by atoms with Crippen LogP contribution in [0.4, 0.5) is 5.69 Å². The fourth-order valence-corrected chi connectivity index (χ4v) is 4.16. The van der Waals surface area contributed by atoms with Crippen LogP contribution in [0.5, 0.6) is 0 Å². The van der Waals surface area contributed by atoms with Gasteiger partial charge in [0.25, 0.3) is 5.91 Å². The van der Waals surface area contributed by atoms with E-state index < -0.39 is 0 Å². The maximum absolute atomic E-state index is 13.0. The lowest BCUT2D eigenvalue weighted by atomic mass is 10.1. The van der Waals surface area contributed by atoms with Gasteiger partial charge in [-0.05, 0) is 57.4 Å². The van der Waals surface area contributed by atoms with E-state index in [4.69, 9.17) is 0 Å². The summed E-state index contributed by atoms with van der Waals surface area (Å²) in [5.41, 5.74) is 8.00. The highest BCUT2D eigenvalue weighted by atomic mass is 16.2. The molecule has 0 atom stereocenters. The summed E-state index contributed by atoms with van der Waals surface area (Å²) >= 11 is 0. The van der Waals surface area contributed by atoms with E-state index in [2.05, 4.69) is 45.0 Å². The van der Waals surface area contributed by atoms with E-state index in [-0.39, 0.29) is 18.4 Å². The molecule has 0 bridgehead atoms. The predicted octanol–water partition coefficient (Wildman–Crippen LogP) is 4.39. The van der Waals surface area contributed by atoms with Crippen LogP contribution in [0.25, 0.3) is 11.0 Å². The third-order valence-electron chi connectivity index (χ3n) is 5.79. The first-order valence-corrected chi connectivity index (χ1v) is 11.3. The Bertz CT molecular complexity index is 1360. The molecule has 0 fully saturated rings. The number of carbonyl (C=O) groups is 2. The summed E-state index contributed by atoms with van der Waals surface area (Å²) < 4.78 is 1.79. The predicted molar refractivity (Wildman–Crippen MR) is 134 cm³/mol. The molecule has 2 N–H and O–H groups in total. The molecule has 0 saturated carbocycles. The van der Waals surface area contributed by atoms with Gasteiger partial charge in [-0.25, -0.2) is 9.67 Å². The van der Waals surface area contributed by atoms with Crippen molar-refractivity contribution < 1.29 is 9.59 Å². The molecule has 4 aromatic rings. The van der Waals surface area contributed by atoms with E-state index in [1.54, 1.807) is 16.9 Å². The van der Waals surface area contributed by atoms with Gasteiger partial charge in [-0.1, -0.05) is 47.5 Å². The van der Waals surface area contributed by atoms with E-state index in [0.29, 0.717) is 28.8 Å². The minimum absolute atomic E-state index is 0.133. The molecule has 0 saturated heterocycles. The number of aryl methyl sites for hydroxylation is 5. The fraction of sp³-hybridized carbons (Fsp3) is 0.259. The molecule has 0 aliphatic rings. The monoisotopic (exact) mass is 455 g/mol. The first-order chi connectivity index (χ1) is 16.2. The molecular formula is C27H29N5O2. The van der Waals surface area contributed by atoms with Crippen LogP contribution in [0.15, 0.2) is 48.7 Å². The average molecular weight is 456 g/mol. The zero-order chi connectivity index (χ0) is 24.4. The number of nitrogens with zero attached hydrogens (tertiary/aromatic N) is 3. The lowest BCUT2D eigenvalue weighted by Gasteiger charge is -2.13. The van der Waals surface area contributed by atoms with Gasteiger partial charge in [-0.15, -0.1) is 0 Å². The molecule has 2 amide bonds. The first-order valence-electron chi connectivity index (χ1n) is 11.3. The summed E-state index contributed by atoms with van der Waals surface area (Å²) in [5.74, 6) is -0.613. The minimum Gasteiger partial charge on any atom is -0.343 e. The van der Waals surface area contributed by atoms with Crippen LogP contribution < -0.4 is 10.6 Å². The Hall–Kier alpha value is -4.00. The zero-order valence-electron chi connectivity index (χ0n) is 20.2. The van der Waals surface area contributed by atoms with E-state index >= 15 is 0 Å². The van der Waals surface area contributed by atoms with Crippen molar-refractivity contribution in [1.82, 2.24) is 20.1 Å². The minimum atomic E-state index is -0.335. The third-order valence-corrected chi connectivity index (χ3v) is 5.79. The largest absolute Gasteiger partial charge is 0.343 e. The number of benzene rings is 2. The molecule has 2 aromatic carbocycles. The van der Waals surface area contributed by atoms with Crippen LogP contribution in [-0.4, -0.2) is 33.1 Å². The second-order valence-electron chi connectivity index (χ2n) is 8.84. The number of amides is 2. The van der Waals surface area contributed by atoms with Gasteiger partial charge in [-0.3, -0.25) is 9.59 Å². The number of carbonyl (C=O) groups excluding carboxylic acids is 2. The lowest BCUT2D eigenvalue weighted by Crippen LogP contribution is -2.33. The molecule has 0 aliphatic carbocycles. The summed E-state index contributed by atoms with van der Waals surface area (Å²) in [4.78, 5) is 30.2. The number of fused-ring (bicyclic) bond motifs is 1. The van der Waals surface area contributed by atoms with Gasteiger partial charge in [0.2, 0.25) is 5.91 Å². The average Bonchev–Trinajstić information content (AvgIpc) is 3.17. The van der Waals surface area contributed by atoms with Crippen molar-refractivity contribution in [3.8, 4) is 0 Å². The molecule has 7 nitrogen and oxygen atoms in total. The van der Waals surface area contributed by atoms with Gasteiger partial charge < -0.3 is 10.6 Å². The van der Waals surface area contributed by atoms with Crippen molar-refractivity contribution in [3.63, 3.8) is 0 Å². The first kappa shape index (κ1) is 23.2. The summed E-state index contributed by atoms with van der Waals surface area (Å²) in [6, 6.07) is 14.0. The Morgan fingerprint density at radius 3 is 2.26 bits per heavy atom. The highest BCUT2D eigenvalue weighted by Crippen LogP contribution is 2.22. The second kappa shape index (κ2) is 9.47. The Morgan fingerprint density at radius 1 is 0.912 bits per heavy atom. The number of hydrogen-bond acceptors (Lipinski definition) is 4. The molecule has 0 spiro atoms. The molecule has 0 radical (unpaired) electrons. The Morgan fingerprint density at radius 2 is 1.59 bits per heavy atom. The molecule has 7 heteroatoms. The number of hydrogen-bond donors (Lipinski definition) is 2. The van der Waals surface area contributed by atoms with Crippen molar-refractivity contribution in [2.45, 2.75) is 41.2 Å². The Kier molecular flexibility index (Phi) is 6.45. The van der Waals surface area contributed by atoms with Gasteiger partial charge in [0, 0.05) is 11.4 Å². The van der Waals surface area contributed by atoms with Crippen LogP contribution in [0.1, 0.15) is 43.9 Å². The topological polar surface area (TPSA) is 88.9 Å². The normalized spacial score (nSPS) is 11.0. The number of pyridine rings is 1. The summed E-state index contributed by atoms with van der Waals surface area (Å²) in [5, 5.41) is 10.8. The van der Waals surface area contributed by atoms with Gasteiger partial charge >= 0.3 is 0 Å². The molecule has 2 heterocycles. The maximum atomic E-state index is 13.0. The number of aromatic nitrogens is 3. The third kappa shape index (κ3) is 4.98. The molecule has 174 valence electrons. The van der Waals surface area contributed by atoms with Gasteiger partial charge in [0.1, 0.15) is 0 Å². The van der Waals surface area contributed by atoms with E-state index in [9.17, 15) is 9.59 Å². The van der Waals surface area contributed by atoms with E-state index in [1.807, 2.05) is 46.8 Å². The van der Waals surface area contributed by atoms with E-state index in [0.717, 1.165) is 27.9 Å². The second-order valence-corrected chi connectivity index (χ2v) is 8.84. The molecule has 34 heavy (non-hydrogen) atoms. The SMILES string of the molecule is Cc1ccc(Cn2ncc3c(C(=O)NCC(=O)Nc4c(C)cc(C)cc4C)cc(C)nc32)cc1. The smallest absolute Gasteiger partial charge is 0.252 e. The molecule has 4 rings (SSSR count). The van der Waals surface area contributed by atoms with Gasteiger partial charge in [-0.2, -0.15) is 5.10 Å². The molecular weight excluding hydrogens is 426 g/mol. The van der Waals surface area contributed by atoms with E-state index in [1.165, 1.54) is 5.56 Å². The Labute approximate surface area is 199 Å². The van der Waals surface area contributed by atoms with Gasteiger partial charge in [0.15, 0.2) is 5.65 Å². The molecule has 2 aromatic heterocycles. The van der Waals surface area contributed by atoms with Crippen LogP contribution in [0.2, 0.25) is 0 Å². The zero-order valence-corrected chi connectivity index (χ0v) is 20.2. The van der Waals surface area contributed by atoms with Crippen molar-refractivity contribution >= 4 is 28.5 Å². The number of anilines is 1. The lowest BCUT2D eigenvalue weighted by molar-refractivity contribution is -0.115. The standard InChI is InChI=1S/C27H29N5O2/c1-16-6-8-21(9-7-16)15-32-26-23(13-29-32)22(12-20(5)30-26)27(34)28-14-24(33)31-25-18(3)10-17(2)11-19(25)4/h6-13H,14-15H2,1-5H3,(H,28,34)(H,31,33). The van der Waals surface area contributed by atoms with Crippen LogP contribution in [0, 0.1) is 34.6 Å². The number of nitrogens with one attached hydrogen (secondary N) is 2. The Balaban J connectivity index is 1.50. The fourth-order valence-electron chi connectivity index (χ4n) is 4.16. The van der Waals surface area contributed by atoms with Crippen molar-refractivity contribution in [3.05, 3.63) is 87.7 Å². The summed E-state index contributed by atoms with van der Waals surface area (Å²) in [6.45, 7) is 10.2.